The Bertz CT molecular complexity index is 1030. The molecule has 0 bridgehead atoms. The van der Waals surface area contributed by atoms with E-state index in [0.29, 0.717) is 51.4 Å². The van der Waals surface area contributed by atoms with Crippen molar-refractivity contribution < 1.29 is 9.18 Å². The summed E-state index contributed by atoms with van der Waals surface area (Å²) in [5.41, 5.74) is 1.84. The van der Waals surface area contributed by atoms with Crippen LogP contribution < -0.4 is 5.32 Å². The van der Waals surface area contributed by atoms with Crippen molar-refractivity contribution in [3.05, 3.63) is 63.6 Å². The minimum atomic E-state index is -0.488. The van der Waals surface area contributed by atoms with Crippen molar-refractivity contribution in [3.63, 3.8) is 0 Å². The molecule has 0 aliphatic heterocycles. The molecule has 0 unspecified atom stereocenters. The van der Waals surface area contributed by atoms with Gasteiger partial charge in [0, 0.05) is 13.0 Å². The number of hydrogen-bond donors (Lipinski definition) is 1. The number of fused-ring (bicyclic) bond motifs is 1. The Balaban J connectivity index is 2.12. The number of nitrogens with one attached hydrogen (secondary N) is 1. The van der Waals surface area contributed by atoms with Crippen molar-refractivity contribution in [2.45, 2.75) is 39.7 Å². The molecule has 0 spiro atoms. The summed E-state index contributed by atoms with van der Waals surface area (Å²) in [6.07, 6.45) is 0.810. The molecule has 2 aromatic carbocycles. The summed E-state index contributed by atoms with van der Waals surface area (Å²) in [6, 6.07) is 9.48. The second-order valence-corrected chi connectivity index (χ2v) is 8.30. The summed E-state index contributed by atoms with van der Waals surface area (Å²) in [6.45, 7) is 6.60. The van der Waals surface area contributed by atoms with Gasteiger partial charge in [-0.3, -0.25) is 4.79 Å². The van der Waals surface area contributed by atoms with Crippen LogP contribution in [0.3, 0.4) is 0 Å². The molecule has 3 rings (SSSR count). The maximum Gasteiger partial charge on any atom is 0.243 e. The van der Waals surface area contributed by atoms with Crippen LogP contribution in [0.25, 0.3) is 11.0 Å². The molecule has 4 nitrogen and oxygen atoms in total. The van der Waals surface area contributed by atoms with Crippen LogP contribution in [-0.2, 0) is 11.2 Å². The summed E-state index contributed by atoms with van der Waals surface area (Å²) < 4.78 is 16.1. The maximum absolute atomic E-state index is 14.3. The summed E-state index contributed by atoms with van der Waals surface area (Å²) in [5, 5.41) is 3.77. The Morgan fingerprint density at radius 2 is 1.90 bits per heavy atom. The summed E-state index contributed by atoms with van der Waals surface area (Å²) >= 11 is 12.4. The zero-order chi connectivity index (χ0) is 21.1. The average molecular weight is 436 g/mol. The van der Waals surface area contributed by atoms with E-state index in [1.807, 2.05) is 25.3 Å². The fourth-order valence-corrected chi connectivity index (χ4v) is 3.65. The smallest absolute Gasteiger partial charge is 0.243 e. The molecule has 1 N–H and O–H groups in total. The summed E-state index contributed by atoms with van der Waals surface area (Å²) in [5.74, 6) is 0.526. The Morgan fingerprint density at radius 1 is 1.21 bits per heavy atom. The Hall–Kier alpha value is -2.11. The molecule has 0 radical (unpaired) electrons. The number of benzene rings is 2. The number of amides is 1. The minimum absolute atomic E-state index is 0.0960. The molecule has 0 aliphatic rings. The van der Waals surface area contributed by atoms with Gasteiger partial charge < -0.3 is 9.88 Å². The van der Waals surface area contributed by atoms with Gasteiger partial charge in [-0.1, -0.05) is 62.2 Å². The first-order valence-electron chi connectivity index (χ1n) is 9.68. The minimum Gasteiger partial charge on any atom is -0.354 e. The molecule has 1 amide bonds. The molecule has 7 heteroatoms. The Labute approximate surface area is 180 Å². The fraction of sp³-hybridized carbons (Fsp3) is 0.364. The molecule has 29 heavy (non-hydrogen) atoms. The number of imidazole rings is 1. The molecule has 1 heterocycles. The van der Waals surface area contributed by atoms with Gasteiger partial charge in [0.2, 0.25) is 5.91 Å². The Morgan fingerprint density at radius 3 is 2.55 bits per heavy atom. The third-order valence-corrected chi connectivity index (χ3v) is 5.52. The molecule has 154 valence electrons. The molecule has 0 saturated heterocycles. The van der Waals surface area contributed by atoms with Crippen molar-refractivity contribution in [2.75, 3.05) is 6.54 Å². The SMILES string of the molecule is CC[C@@H](C(=O)NCC(C)C)n1c(Cc2ccccc2F)nc2cc(Cl)c(Cl)cc21. The van der Waals surface area contributed by atoms with Crippen molar-refractivity contribution in [1.82, 2.24) is 14.9 Å². The zero-order valence-electron chi connectivity index (χ0n) is 16.7. The fourth-order valence-electron chi connectivity index (χ4n) is 3.33. The Kier molecular flexibility index (Phi) is 6.81. The van der Waals surface area contributed by atoms with E-state index in [2.05, 4.69) is 10.3 Å². The van der Waals surface area contributed by atoms with Crippen molar-refractivity contribution in [1.29, 1.82) is 0 Å². The van der Waals surface area contributed by atoms with E-state index in [1.54, 1.807) is 30.3 Å². The molecule has 1 atom stereocenters. The van der Waals surface area contributed by atoms with Crippen LogP contribution in [0.1, 0.15) is 44.6 Å². The van der Waals surface area contributed by atoms with Gasteiger partial charge in [-0.2, -0.15) is 0 Å². The first kappa shape index (κ1) is 21.6. The van der Waals surface area contributed by atoms with Crippen molar-refractivity contribution in [3.8, 4) is 0 Å². The van der Waals surface area contributed by atoms with Gasteiger partial charge in [-0.25, -0.2) is 9.37 Å². The summed E-state index contributed by atoms with van der Waals surface area (Å²) in [4.78, 5) is 17.6. The molecular weight excluding hydrogens is 412 g/mol. The van der Waals surface area contributed by atoms with Crippen LogP contribution >= 0.6 is 23.2 Å². The first-order chi connectivity index (χ1) is 13.8. The van der Waals surface area contributed by atoms with Gasteiger partial charge in [0.15, 0.2) is 0 Å². The predicted molar refractivity (Wildman–Crippen MR) is 116 cm³/mol. The first-order valence-corrected chi connectivity index (χ1v) is 10.4. The summed E-state index contributed by atoms with van der Waals surface area (Å²) in [7, 11) is 0. The van der Waals surface area contributed by atoms with E-state index in [4.69, 9.17) is 23.2 Å². The van der Waals surface area contributed by atoms with Gasteiger partial charge in [-0.05, 0) is 36.1 Å². The number of carbonyl (C=O) groups is 1. The van der Waals surface area contributed by atoms with E-state index in [1.165, 1.54) is 6.07 Å². The molecule has 0 aliphatic carbocycles. The van der Waals surface area contributed by atoms with Crippen molar-refractivity contribution in [2.24, 2.45) is 5.92 Å². The number of aromatic nitrogens is 2. The number of carbonyl (C=O) groups excluding carboxylic acids is 1. The highest BCUT2D eigenvalue weighted by Gasteiger charge is 2.25. The lowest BCUT2D eigenvalue weighted by atomic mass is 10.1. The van der Waals surface area contributed by atoms with Gasteiger partial charge in [0.1, 0.15) is 17.7 Å². The number of hydrogen-bond acceptors (Lipinski definition) is 2. The lowest BCUT2D eigenvalue weighted by Crippen LogP contribution is -2.35. The van der Waals surface area contributed by atoms with Gasteiger partial charge >= 0.3 is 0 Å². The zero-order valence-corrected chi connectivity index (χ0v) is 18.2. The lowest BCUT2D eigenvalue weighted by Gasteiger charge is -2.21. The predicted octanol–water partition coefficient (Wildman–Crippen LogP) is 5.80. The van der Waals surface area contributed by atoms with Crippen LogP contribution in [0, 0.1) is 11.7 Å². The highest BCUT2D eigenvalue weighted by atomic mass is 35.5. The molecular formula is C22H24Cl2FN3O. The number of rotatable bonds is 7. The van der Waals surface area contributed by atoms with Crippen LogP contribution in [-0.4, -0.2) is 22.0 Å². The quantitative estimate of drug-likeness (QED) is 0.509. The van der Waals surface area contributed by atoms with Crippen LogP contribution in [0.2, 0.25) is 10.0 Å². The van der Waals surface area contributed by atoms with Crippen LogP contribution in [0.4, 0.5) is 4.39 Å². The second-order valence-electron chi connectivity index (χ2n) is 7.48. The molecule has 3 aromatic rings. The van der Waals surface area contributed by atoms with Crippen LogP contribution in [0.5, 0.6) is 0 Å². The van der Waals surface area contributed by atoms with E-state index in [-0.39, 0.29) is 18.1 Å². The van der Waals surface area contributed by atoms with E-state index in [0.717, 1.165) is 0 Å². The van der Waals surface area contributed by atoms with Gasteiger partial charge in [0.25, 0.3) is 0 Å². The standard InChI is InChI=1S/C22H24Cl2FN3O/c1-4-19(22(29)26-12-13(2)3)28-20-11-16(24)15(23)10-18(20)27-21(28)9-14-7-5-6-8-17(14)25/h5-8,10-11,13,19H,4,9,12H2,1-3H3,(H,26,29)/t19-/m0/s1. The van der Waals surface area contributed by atoms with E-state index < -0.39 is 6.04 Å². The average Bonchev–Trinajstić information content (AvgIpc) is 3.00. The third kappa shape index (κ3) is 4.73. The molecule has 0 fully saturated rings. The number of halogens is 3. The normalized spacial score (nSPS) is 12.5. The maximum atomic E-state index is 14.3. The lowest BCUT2D eigenvalue weighted by molar-refractivity contribution is -0.124. The second kappa shape index (κ2) is 9.14. The van der Waals surface area contributed by atoms with Crippen LogP contribution in [0.15, 0.2) is 36.4 Å². The monoisotopic (exact) mass is 435 g/mol. The van der Waals surface area contributed by atoms with E-state index in [9.17, 15) is 9.18 Å². The molecule has 1 aromatic heterocycles. The topological polar surface area (TPSA) is 46.9 Å². The van der Waals surface area contributed by atoms with Gasteiger partial charge in [-0.15, -0.1) is 0 Å². The number of nitrogens with zero attached hydrogens (tertiary/aromatic N) is 2. The third-order valence-electron chi connectivity index (χ3n) is 4.80. The molecule has 0 saturated carbocycles. The van der Waals surface area contributed by atoms with Gasteiger partial charge in [0.05, 0.1) is 21.1 Å². The highest BCUT2D eigenvalue weighted by Crippen LogP contribution is 2.32. The van der Waals surface area contributed by atoms with E-state index >= 15 is 0 Å². The van der Waals surface area contributed by atoms with Crippen molar-refractivity contribution >= 4 is 40.1 Å². The largest absolute Gasteiger partial charge is 0.354 e. The highest BCUT2D eigenvalue weighted by molar-refractivity contribution is 6.42.